The SMILES string of the molecule is Cc1ccc(C)c(OCC(=O)N=C=O)c1. The average Bonchev–Trinajstić information content (AvgIpc) is 2.20. The molecule has 0 aliphatic heterocycles. The number of hydrogen-bond acceptors (Lipinski definition) is 3. The molecular formula is C11H11NO3. The lowest BCUT2D eigenvalue weighted by molar-refractivity contribution is -0.119. The van der Waals surface area contributed by atoms with E-state index in [9.17, 15) is 9.59 Å². The Bertz CT molecular complexity index is 420. The highest BCUT2D eigenvalue weighted by atomic mass is 16.5. The van der Waals surface area contributed by atoms with Crippen LogP contribution in [0.1, 0.15) is 11.1 Å². The summed E-state index contributed by atoms with van der Waals surface area (Å²) in [6.07, 6.45) is 1.18. The number of nitrogens with zero attached hydrogens (tertiary/aromatic N) is 1. The molecule has 78 valence electrons. The van der Waals surface area contributed by atoms with Crippen LogP contribution in [0.25, 0.3) is 0 Å². The molecular weight excluding hydrogens is 194 g/mol. The third-order valence-electron chi connectivity index (χ3n) is 1.87. The highest BCUT2D eigenvalue weighted by Gasteiger charge is 2.03. The number of benzene rings is 1. The van der Waals surface area contributed by atoms with Gasteiger partial charge < -0.3 is 4.74 Å². The minimum Gasteiger partial charge on any atom is -0.483 e. The maximum Gasteiger partial charge on any atom is 0.294 e. The summed E-state index contributed by atoms with van der Waals surface area (Å²) in [6, 6.07) is 5.68. The minimum absolute atomic E-state index is 0.237. The van der Waals surface area contributed by atoms with E-state index in [1.807, 2.05) is 32.0 Å². The first-order valence-corrected chi connectivity index (χ1v) is 4.44. The van der Waals surface area contributed by atoms with Gasteiger partial charge in [0.25, 0.3) is 5.91 Å². The molecule has 1 amide bonds. The van der Waals surface area contributed by atoms with Crippen molar-refractivity contribution >= 4 is 12.0 Å². The normalized spacial score (nSPS) is 9.20. The molecule has 0 atom stereocenters. The van der Waals surface area contributed by atoms with Gasteiger partial charge in [-0.25, -0.2) is 4.79 Å². The van der Waals surface area contributed by atoms with Crippen LogP contribution in [-0.4, -0.2) is 18.6 Å². The largest absolute Gasteiger partial charge is 0.483 e. The molecule has 1 aromatic carbocycles. The molecule has 0 N–H and O–H groups in total. The number of carbonyl (C=O) groups excluding carboxylic acids is 2. The van der Waals surface area contributed by atoms with E-state index in [0.29, 0.717) is 5.75 Å². The molecule has 4 heteroatoms. The fourth-order valence-corrected chi connectivity index (χ4v) is 1.09. The number of isocyanates is 1. The maximum absolute atomic E-state index is 10.9. The molecule has 0 heterocycles. The maximum atomic E-state index is 10.9. The Hall–Kier alpha value is -1.93. The van der Waals surface area contributed by atoms with Crippen molar-refractivity contribution in [3.63, 3.8) is 0 Å². The lowest BCUT2D eigenvalue weighted by Gasteiger charge is -2.07. The molecule has 15 heavy (non-hydrogen) atoms. The second kappa shape index (κ2) is 5.08. The van der Waals surface area contributed by atoms with Crippen LogP contribution in [0.4, 0.5) is 0 Å². The van der Waals surface area contributed by atoms with Gasteiger partial charge in [-0.05, 0) is 31.0 Å². The zero-order chi connectivity index (χ0) is 11.3. The molecule has 0 fully saturated rings. The third kappa shape index (κ3) is 3.37. The molecule has 0 saturated heterocycles. The Morgan fingerprint density at radius 2 is 2.20 bits per heavy atom. The first-order valence-electron chi connectivity index (χ1n) is 4.44. The van der Waals surface area contributed by atoms with Crippen molar-refractivity contribution in [2.45, 2.75) is 13.8 Å². The zero-order valence-corrected chi connectivity index (χ0v) is 8.61. The van der Waals surface area contributed by atoms with E-state index in [1.165, 1.54) is 6.08 Å². The van der Waals surface area contributed by atoms with Crippen LogP contribution in [-0.2, 0) is 9.59 Å². The molecule has 0 unspecified atom stereocenters. The van der Waals surface area contributed by atoms with Crippen LogP contribution >= 0.6 is 0 Å². The van der Waals surface area contributed by atoms with Crippen molar-refractivity contribution in [3.8, 4) is 5.75 Å². The summed E-state index contributed by atoms with van der Waals surface area (Å²) in [5.74, 6) is -0.00430. The molecule has 0 aliphatic carbocycles. The van der Waals surface area contributed by atoms with Gasteiger partial charge in [-0.2, -0.15) is 0 Å². The van der Waals surface area contributed by atoms with E-state index < -0.39 is 5.91 Å². The van der Waals surface area contributed by atoms with Gasteiger partial charge in [0.05, 0.1) is 0 Å². The highest BCUT2D eigenvalue weighted by Crippen LogP contribution is 2.18. The van der Waals surface area contributed by atoms with Crippen LogP contribution < -0.4 is 4.74 Å². The number of hydrogen-bond donors (Lipinski definition) is 0. The smallest absolute Gasteiger partial charge is 0.294 e. The second-order valence-corrected chi connectivity index (χ2v) is 3.15. The first kappa shape index (κ1) is 11.1. The van der Waals surface area contributed by atoms with Gasteiger partial charge >= 0.3 is 0 Å². The fraction of sp³-hybridized carbons (Fsp3) is 0.273. The first-order chi connectivity index (χ1) is 7.13. The van der Waals surface area contributed by atoms with E-state index >= 15 is 0 Å². The van der Waals surface area contributed by atoms with Gasteiger partial charge in [0.15, 0.2) is 6.61 Å². The lowest BCUT2D eigenvalue weighted by atomic mass is 10.1. The van der Waals surface area contributed by atoms with Gasteiger partial charge in [-0.15, -0.1) is 4.99 Å². The van der Waals surface area contributed by atoms with Crippen LogP contribution in [0.15, 0.2) is 23.2 Å². The molecule has 0 aliphatic rings. The van der Waals surface area contributed by atoms with E-state index in [4.69, 9.17) is 4.74 Å². The summed E-state index contributed by atoms with van der Waals surface area (Å²) in [4.78, 5) is 23.6. The third-order valence-corrected chi connectivity index (χ3v) is 1.87. The van der Waals surface area contributed by atoms with Crippen LogP contribution in [0.3, 0.4) is 0 Å². The zero-order valence-electron chi connectivity index (χ0n) is 8.61. The van der Waals surface area contributed by atoms with Crippen molar-refractivity contribution in [2.24, 2.45) is 4.99 Å². The molecule has 0 spiro atoms. The Morgan fingerprint density at radius 1 is 1.47 bits per heavy atom. The topological polar surface area (TPSA) is 55.7 Å². The minimum atomic E-state index is -0.633. The predicted molar refractivity (Wildman–Crippen MR) is 54.5 cm³/mol. The summed E-state index contributed by atoms with van der Waals surface area (Å²) in [5.41, 5.74) is 1.98. The Kier molecular flexibility index (Phi) is 3.77. The fourth-order valence-electron chi connectivity index (χ4n) is 1.09. The number of amides is 1. The quantitative estimate of drug-likeness (QED) is 0.555. The second-order valence-electron chi connectivity index (χ2n) is 3.15. The number of aryl methyl sites for hydroxylation is 2. The molecule has 1 rings (SSSR count). The summed E-state index contributed by atoms with van der Waals surface area (Å²) in [6.45, 7) is 3.57. The number of ether oxygens (including phenoxy) is 1. The monoisotopic (exact) mass is 205 g/mol. The lowest BCUT2D eigenvalue weighted by Crippen LogP contribution is -2.08. The average molecular weight is 205 g/mol. The van der Waals surface area contributed by atoms with Gasteiger partial charge in [-0.1, -0.05) is 12.1 Å². The van der Waals surface area contributed by atoms with Gasteiger partial charge in [-0.3, -0.25) is 4.79 Å². The summed E-state index contributed by atoms with van der Waals surface area (Å²) < 4.78 is 5.21. The summed E-state index contributed by atoms with van der Waals surface area (Å²) in [7, 11) is 0. The van der Waals surface area contributed by atoms with Crippen LogP contribution in [0.2, 0.25) is 0 Å². The number of carbonyl (C=O) groups is 1. The van der Waals surface area contributed by atoms with Crippen molar-refractivity contribution in [3.05, 3.63) is 29.3 Å². The van der Waals surface area contributed by atoms with Gasteiger partial charge in [0.1, 0.15) is 5.75 Å². The van der Waals surface area contributed by atoms with Crippen molar-refractivity contribution in [2.75, 3.05) is 6.61 Å². The van der Waals surface area contributed by atoms with Crippen LogP contribution in [0.5, 0.6) is 5.75 Å². The molecule has 0 radical (unpaired) electrons. The molecule has 0 saturated carbocycles. The van der Waals surface area contributed by atoms with E-state index in [0.717, 1.165) is 11.1 Å². The molecule has 1 aromatic rings. The van der Waals surface area contributed by atoms with Gasteiger partial charge in [0, 0.05) is 0 Å². The van der Waals surface area contributed by atoms with Crippen molar-refractivity contribution < 1.29 is 14.3 Å². The Labute approximate surface area is 87.6 Å². The predicted octanol–water partition coefficient (Wildman–Crippen LogP) is 1.54. The highest BCUT2D eigenvalue weighted by molar-refractivity contribution is 5.82. The summed E-state index contributed by atoms with van der Waals surface area (Å²) in [5, 5.41) is 0. The van der Waals surface area contributed by atoms with Crippen molar-refractivity contribution in [1.29, 1.82) is 0 Å². The number of rotatable bonds is 3. The van der Waals surface area contributed by atoms with E-state index in [1.54, 1.807) is 0 Å². The van der Waals surface area contributed by atoms with Gasteiger partial charge in [0.2, 0.25) is 6.08 Å². The Balaban J connectivity index is 2.68. The standard InChI is InChI=1S/C11H11NO3/c1-8-3-4-9(2)10(5-8)15-6-11(14)12-7-13/h3-5H,6H2,1-2H3. The number of aliphatic imine (C=N–C) groups is 1. The molecule has 4 nitrogen and oxygen atoms in total. The van der Waals surface area contributed by atoms with Crippen LogP contribution in [0, 0.1) is 13.8 Å². The molecule has 0 aromatic heterocycles. The molecule has 0 bridgehead atoms. The van der Waals surface area contributed by atoms with E-state index in [-0.39, 0.29) is 6.61 Å². The van der Waals surface area contributed by atoms with E-state index in [2.05, 4.69) is 4.99 Å². The van der Waals surface area contributed by atoms with Crippen molar-refractivity contribution in [1.82, 2.24) is 0 Å². The summed E-state index contributed by atoms with van der Waals surface area (Å²) >= 11 is 0. The Morgan fingerprint density at radius 3 is 2.87 bits per heavy atom.